The molecule has 0 heterocycles. The van der Waals surface area contributed by atoms with Gasteiger partial charge >= 0.3 is 0 Å². The first kappa shape index (κ1) is 16.0. The Morgan fingerprint density at radius 1 is 1.50 bits per heavy atom. The van der Waals surface area contributed by atoms with E-state index < -0.39 is 16.6 Å². The topological polar surface area (TPSA) is 72.7 Å². The highest BCUT2D eigenvalue weighted by atomic mass is 19.1. The summed E-state index contributed by atoms with van der Waals surface area (Å²) in [6.45, 7) is 4.15. The Kier molecular flexibility index (Phi) is 5.57. The average Bonchev–Trinajstić information content (AvgIpc) is 2.38. The summed E-state index contributed by atoms with van der Waals surface area (Å²) >= 11 is 0. The van der Waals surface area contributed by atoms with Gasteiger partial charge in [-0.25, -0.2) is 4.39 Å². The second-order valence-electron chi connectivity index (χ2n) is 4.51. The summed E-state index contributed by atoms with van der Waals surface area (Å²) < 4.78 is 18.6. The Morgan fingerprint density at radius 2 is 2.15 bits per heavy atom. The van der Waals surface area contributed by atoms with Crippen LogP contribution in [0.2, 0.25) is 0 Å². The van der Waals surface area contributed by atoms with Crippen molar-refractivity contribution in [1.82, 2.24) is 4.90 Å². The minimum Gasteiger partial charge on any atom is -0.383 e. The smallest absolute Gasteiger partial charge is 0.270 e. The number of hydrogen-bond acceptors (Lipinski definition) is 4. The summed E-state index contributed by atoms with van der Waals surface area (Å²) in [6, 6.07) is 2.75. The van der Waals surface area contributed by atoms with Crippen LogP contribution in [-0.2, 0) is 4.74 Å². The van der Waals surface area contributed by atoms with E-state index in [1.54, 1.807) is 13.8 Å². The van der Waals surface area contributed by atoms with Gasteiger partial charge in [0.1, 0.15) is 5.82 Å². The number of rotatable bonds is 6. The van der Waals surface area contributed by atoms with Crippen molar-refractivity contribution in [3.05, 3.63) is 39.7 Å². The molecule has 6 nitrogen and oxygen atoms in total. The number of amides is 1. The van der Waals surface area contributed by atoms with E-state index in [2.05, 4.69) is 0 Å². The lowest BCUT2D eigenvalue weighted by atomic mass is 10.1. The van der Waals surface area contributed by atoms with Crippen LogP contribution in [0.5, 0.6) is 0 Å². The van der Waals surface area contributed by atoms with E-state index in [0.717, 1.165) is 18.2 Å². The van der Waals surface area contributed by atoms with E-state index in [0.29, 0.717) is 6.61 Å². The fraction of sp³-hybridized carbons (Fsp3) is 0.462. The third kappa shape index (κ3) is 3.74. The minimum atomic E-state index is -0.774. The second-order valence-corrected chi connectivity index (χ2v) is 4.51. The Labute approximate surface area is 116 Å². The van der Waals surface area contributed by atoms with Gasteiger partial charge in [-0.15, -0.1) is 0 Å². The number of halogens is 1. The molecule has 7 heteroatoms. The molecule has 0 N–H and O–H groups in total. The molecule has 0 aliphatic carbocycles. The minimum absolute atomic E-state index is 0.170. The molecule has 1 amide bonds. The van der Waals surface area contributed by atoms with E-state index in [-0.39, 0.29) is 23.8 Å². The van der Waals surface area contributed by atoms with Gasteiger partial charge in [0.05, 0.1) is 17.1 Å². The van der Waals surface area contributed by atoms with Crippen molar-refractivity contribution >= 4 is 11.6 Å². The standard InChI is InChI=1S/C13H17FN2O4/c1-9(2)15(6-7-20-3)13(17)11-8-10(16(18)19)4-5-12(11)14/h4-5,8-9H,6-7H2,1-3H3. The number of methoxy groups -OCH3 is 1. The molecule has 0 radical (unpaired) electrons. The number of benzene rings is 1. The first-order valence-corrected chi connectivity index (χ1v) is 6.12. The number of nitro groups is 1. The Morgan fingerprint density at radius 3 is 2.65 bits per heavy atom. The fourth-order valence-electron chi connectivity index (χ4n) is 1.73. The molecule has 0 saturated carbocycles. The molecule has 0 saturated heterocycles. The van der Waals surface area contributed by atoms with Crippen LogP contribution in [0.15, 0.2) is 18.2 Å². The maximum Gasteiger partial charge on any atom is 0.270 e. The van der Waals surface area contributed by atoms with Crippen molar-refractivity contribution in [2.75, 3.05) is 20.3 Å². The quantitative estimate of drug-likeness (QED) is 0.593. The van der Waals surface area contributed by atoms with Crippen LogP contribution in [0.3, 0.4) is 0 Å². The summed E-state index contributed by atoms with van der Waals surface area (Å²) in [5.74, 6) is -1.36. The van der Waals surface area contributed by atoms with Crippen LogP contribution in [0.4, 0.5) is 10.1 Å². The third-order valence-electron chi connectivity index (χ3n) is 2.81. The second kappa shape index (κ2) is 6.95. The Balaban J connectivity index is 3.10. The van der Waals surface area contributed by atoms with E-state index in [1.165, 1.54) is 12.0 Å². The number of non-ortho nitro benzene ring substituents is 1. The first-order valence-electron chi connectivity index (χ1n) is 6.12. The van der Waals surface area contributed by atoms with Gasteiger partial charge in [-0.2, -0.15) is 0 Å². The van der Waals surface area contributed by atoms with Crippen LogP contribution >= 0.6 is 0 Å². The van der Waals surface area contributed by atoms with E-state index in [1.807, 2.05) is 0 Å². The third-order valence-corrected chi connectivity index (χ3v) is 2.81. The van der Waals surface area contributed by atoms with Gasteiger partial charge in [-0.3, -0.25) is 14.9 Å². The van der Waals surface area contributed by atoms with Crippen LogP contribution in [0, 0.1) is 15.9 Å². The van der Waals surface area contributed by atoms with Crippen LogP contribution in [0.25, 0.3) is 0 Å². The van der Waals surface area contributed by atoms with Crippen molar-refractivity contribution < 1.29 is 18.8 Å². The zero-order chi connectivity index (χ0) is 15.3. The first-order chi connectivity index (χ1) is 9.38. The number of nitro benzene ring substituents is 1. The van der Waals surface area contributed by atoms with E-state index >= 15 is 0 Å². The fourth-order valence-corrected chi connectivity index (χ4v) is 1.73. The Bertz CT molecular complexity index is 505. The molecule has 0 aliphatic heterocycles. The molecule has 1 rings (SSSR count). The zero-order valence-corrected chi connectivity index (χ0v) is 11.6. The van der Waals surface area contributed by atoms with Gasteiger partial charge in [0, 0.05) is 31.8 Å². The maximum absolute atomic E-state index is 13.7. The Hall–Kier alpha value is -2.02. The number of ether oxygens (including phenoxy) is 1. The monoisotopic (exact) mass is 284 g/mol. The van der Waals surface area contributed by atoms with Gasteiger partial charge in [0.25, 0.3) is 11.6 Å². The lowest BCUT2D eigenvalue weighted by Gasteiger charge is -2.26. The summed E-state index contributed by atoms with van der Waals surface area (Å²) in [7, 11) is 1.50. The van der Waals surface area contributed by atoms with Crippen molar-refractivity contribution in [3.8, 4) is 0 Å². The number of carbonyl (C=O) groups is 1. The molecule has 0 bridgehead atoms. The number of carbonyl (C=O) groups excluding carboxylic acids is 1. The van der Waals surface area contributed by atoms with Gasteiger partial charge in [-0.1, -0.05) is 0 Å². The SMILES string of the molecule is COCCN(C(=O)c1cc([N+](=O)[O-])ccc1F)C(C)C. The molecule has 1 aromatic rings. The van der Waals surface area contributed by atoms with Crippen LogP contribution in [-0.4, -0.2) is 42.0 Å². The van der Waals surface area contributed by atoms with Crippen LogP contribution in [0.1, 0.15) is 24.2 Å². The number of hydrogen-bond donors (Lipinski definition) is 0. The molecule has 20 heavy (non-hydrogen) atoms. The highest BCUT2D eigenvalue weighted by molar-refractivity contribution is 5.95. The van der Waals surface area contributed by atoms with Gasteiger partial charge in [0.2, 0.25) is 0 Å². The normalized spacial score (nSPS) is 10.7. The highest BCUT2D eigenvalue weighted by Crippen LogP contribution is 2.19. The van der Waals surface area contributed by atoms with Crippen LogP contribution < -0.4 is 0 Å². The zero-order valence-electron chi connectivity index (χ0n) is 11.6. The van der Waals surface area contributed by atoms with Crippen molar-refractivity contribution in [2.24, 2.45) is 0 Å². The molecule has 0 fully saturated rings. The molecule has 0 aliphatic rings. The number of nitrogens with zero attached hydrogens (tertiary/aromatic N) is 2. The predicted molar refractivity (Wildman–Crippen MR) is 71.1 cm³/mol. The largest absolute Gasteiger partial charge is 0.383 e. The van der Waals surface area contributed by atoms with Crippen molar-refractivity contribution in [2.45, 2.75) is 19.9 Å². The van der Waals surface area contributed by atoms with Gasteiger partial charge < -0.3 is 9.64 Å². The molecular weight excluding hydrogens is 267 g/mol. The molecule has 0 aromatic heterocycles. The van der Waals surface area contributed by atoms with Crippen molar-refractivity contribution in [1.29, 1.82) is 0 Å². The van der Waals surface area contributed by atoms with Gasteiger partial charge in [-0.05, 0) is 19.9 Å². The molecule has 1 aromatic carbocycles. The van der Waals surface area contributed by atoms with E-state index in [4.69, 9.17) is 4.74 Å². The van der Waals surface area contributed by atoms with Crippen molar-refractivity contribution in [3.63, 3.8) is 0 Å². The lowest BCUT2D eigenvalue weighted by molar-refractivity contribution is -0.384. The van der Waals surface area contributed by atoms with E-state index in [9.17, 15) is 19.3 Å². The predicted octanol–water partition coefficient (Wildman–Crippen LogP) is 2.23. The summed E-state index contributed by atoms with van der Waals surface area (Å²) in [6.07, 6.45) is 0. The maximum atomic E-state index is 13.7. The highest BCUT2D eigenvalue weighted by Gasteiger charge is 2.23. The molecular formula is C13H17FN2O4. The summed E-state index contributed by atoms with van der Waals surface area (Å²) in [5, 5.41) is 10.7. The molecule has 0 unspecified atom stereocenters. The lowest BCUT2D eigenvalue weighted by Crippen LogP contribution is -2.39. The summed E-state index contributed by atoms with van der Waals surface area (Å²) in [5.41, 5.74) is -0.616. The average molecular weight is 284 g/mol. The molecule has 0 atom stereocenters. The summed E-state index contributed by atoms with van der Waals surface area (Å²) in [4.78, 5) is 23.7. The molecule has 0 spiro atoms. The molecule has 110 valence electrons. The van der Waals surface area contributed by atoms with Gasteiger partial charge in [0.15, 0.2) is 0 Å².